The number of alkyl halides is 1. The predicted octanol–water partition coefficient (Wildman–Crippen LogP) is 4.53. The first-order chi connectivity index (χ1) is 11.2. The van der Waals surface area contributed by atoms with Gasteiger partial charge in [0.15, 0.2) is 0 Å². The average Bonchev–Trinajstić information content (AvgIpc) is 2.77. The van der Waals surface area contributed by atoms with Crippen LogP contribution in [0.25, 0.3) is 5.57 Å². The number of allylic oxidation sites excluding steroid dienone is 4. The van der Waals surface area contributed by atoms with Gasteiger partial charge in [0, 0.05) is 12.0 Å². The van der Waals surface area contributed by atoms with E-state index in [1.165, 1.54) is 0 Å². The van der Waals surface area contributed by atoms with Crippen molar-refractivity contribution in [1.82, 2.24) is 0 Å². The summed E-state index contributed by atoms with van der Waals surface area (Å²) in [6, 6.07) is 12.2. The molecule has 1 fully saturated rings. The molecule has 0 radical (unpaired) electrons. The maximum atomic E-state index is 9.62. The van der Waals surface area contributed by atoms with Crippen molar-refractivity contribution >= 4 is 24.3 Å². The van der Waals surface area contributed by atoms with Crippen LogP contribution in [0.15, 0.2) is 48.1 Å². The van der Waals surface area contributed by atoms with E-state index in [1.54, 1.807) is 0 Å². The van der Waals surface area contributed by atoms with Gasteiger partial charge in [0.1, 0.15) is 4.77 Å². The zero-order valence-corrected chi connectivity index (χ0v) is 15.2. The molecule has 1 aromatic rings. The molecule has 3 rings (SSSR count). The maximum Gasteiger partial charge on any atom is 0.484 e. The summed E-state index contributed by atoms with van der Waals surface area (Å²) < 4.78 is 11.3. The van der Waals surface area contributed by atoms with Crippen LogP contribution in [0.3, 0.4) is 0 Å². The summed E-state index contributed by atoms with van der Waals surface area (Å²) >= 11 is 6.84. The fourth-order valence-corrected chi connectivity index (χ4v) is 3.22. The van der Waals surface area contributed by atoms with Gasteiger partial charge in [0.25, 0.3) is 0 Å². The summed E-state index contributed by atoms with van der Waals surface area (Å²) in [4.78, 5) is 0. The molecule has 3 nitrogen and oxygen atoms in total. The van der Waals surface area contributed by atoms with E-state index in [0.29, 0.717) is 12.0 Å². The van der Waals surface area contributed by atoms with E-state index in [2.05, 4.69) is 6.07 Å². The van der Waals surface area contributed by atoms with Crippen LogP contribution in [0.2, 0.25) is 0 Å². The van der Waals surface area contributed by atoms with Crippen molar-refractivity contribution in [3.63, 3.8) is 0 Å². The Morgan fingerprint density at radius 1 is 1.08 bits per heavy atom. The van der Waals surface area contributed by atoms with Crippen molar-refractivity contribution in [2.75, 3.05) is 0 Å². The van der Waals surface area contributed by atoms with Crippen LogP contribution in [0.1, 0.15) is 39.7 Å². The number of benzene rings is 1. The SMILES string of the molecule is CC1(C)OB(C2(Cl)C=CC(c3ccccc3)=C(C#N)C2)OC1(C)C. The maximum absolute atomic E-state index is 9.62. The van der Waals surface area contributed by atoms with Gasteiger partial charge in [-0.15, -0.1) is 11.6 Å². The average molecular weight is 342 g/mol. The molecule has 0 amide bonds. The zero-order valence-electron chi connectivity index (χ0n) is 14.5. The summed E-state index contributed by atoms with van der Waals surface area (Å²) in [5.41, 5.74) is 1.66. The molecule has 1 aliphatic carbocycles. The normalized spacial score (nSPS) is 28.1. The number of nitriles is 1. The van der Waals surface area contributed by atoms with E-state index < -0.39 is 23.1 Å². The summed E-state index contributed by atoms with van der Waals surface area (Å²) in [5.74, 6) is 0. The lowest BCUT2D eigenvalue weighted by Crippen LogP contribution is -2.43. The highest BCUT2D eigenvalue weighted by Crippen LogP contribution is 2.46. The van der Waals surface area contributed by atoms with E-state index in [4.69, 9.17) is 20.9 Å². The van der Waals surface area contributed by atoms with Gasteiger partial charge in [-0.3, -0.25) is 0 Å². The molecule has 124 valence electrons. The second kappa shape index (κ2) is 5.77. The van der Waals surface area contributed by atoms with Crippen molar-refractivity contribution < 1.29 is 9.31 Å². The van der Waals surface area contributed by atoms with Gasteiger partial charge in [0.2, 0.25) is 0 Å². The van der Waals surface area contributed by atoms with Crippen LogP contribution in [0, 0.1) is 11.3 Å². The monoisotopic (exact) mass is 341 g/mol. The van der Waals surface area contributed by atoms with Gasteiger partial charge >= 0.3 is 7.12 Å². The van der Waals surface area contributed by atoms with Crippen LogP contribution in [-0.2, 0) is 9.31 Å². The molecule has 0 N–H and O–H groups in total. The molecule has 0 spiro atoms. The lowest BCUT2D eigenvalue weighted by Gasteiger charge is -2.32. The minimum Gasteiger partial charge on any atom is -0.402 e. The fourth-order valence-electron chi connectivity index (χ4n) is 2.94. The van der Waals surface area contributed by atoms with Gasteiger partial charge in [-0.05, 0) is 38.8 Å². The molecular formula is C19H21BClNO2. The molecule has 1 unspecified atom stereocenters. The number of halogens is 1. The first kappa shape index (κ1) is 17.3. The van der Waals surface area contributed by atoms with Crippen molar-refractivity contribution in [3.8, 4) is 6.07 Å². The van der Waals surface area contributed by atoms with E-state index in [-0.39, 0.29) is 0 Å². The number of hydrogen-bond donors (Lipinski definition) is 0. The Balaban J connectivity index is 1.91. The zero-order chi connectivity index (χ0) is 17.6. The minimum absolute atomic E-state index is 0.378. The Kier molecular flexibility index (Phi) is 4.16. The van der Waals surface area contributed by atoms with Crippen LogP contribution < -0.4 is 0 Å². The standard InChI is InChI=1S/C19H21BClNO2/c1-17(2)18(3,4)24-20(23-17)19(21)11-10-16(15(12-19)13-22)14-8-6-5-7-9-14/h5-11H,12H2,1-4H3. The third kappa shape index (κ3) is 2.82. The Morgan fingerprint density at radius 2 is 1.67 bits per heavy atom. The van der Waals surface area contributed by atoms with Gasteiger partial charge < -0.3 is 9.31 Å². The largest absolute Gasteiger partial charge is 0.484 e. The molecule has 1 heterocycles. The molecule has 1 saturated heterocycles. The Bertz CT molecular complexity index is 732. The van der Waals surface area contributed by atoms with Gasteiger partial charge in [-0.25, -0.2) is 0 Å². The molecule has 0 aromatic heterocycles. The molecule has 24 heavy (non-hydrogen) atoms. The lowest BCUT2D eigenvalue weighted by molar-refractivity contribution is 0.00578. The van der Waals surface area contributed by atoms with E-state index in [1.807, 2.05) is 70.2 Å². The second-order valence-electron chi connectivity index (χ2n) is 7.40. The Morgan fingerprint density at radius 3 is 2.21 bits per heavy atom. The molecule has 0 bridgehead atoms. The summed E-state index contributed by atoms with van der Waals surface area (Å²) in [6.45, 7) is 7.99. The van der Waals surface area contributed by atoms with Crippen LogP contribution in [0.5, 0.6) is 0 Å². The smallest absolute Gasteiger partial charge is 0.402 e. The minimum atomic E-state index is -0.881. The Labute approximate surface area is 149 Å². The number of hydrogen-bond acceptors (Lipinski definition) is 3. The third-order valence-electron chi connectivity index (χ3n) is 5.16. The van der Waals surface area contributed by atoms with Crippen LogP contribution >= 0.6 is 11.6 Å². The summed E-state index contributed by atoms with van der Waals surface area (Å²) in [7, 11) is -0.596. The quantitative estimate of drug-likeness (QED) is 0.586. The van der Waals surface area contributed by atoms with Crippen LogP contribution in [0.4, 0.5) is 0 Å². The van der Waals surface area contributed by atoms with Crippen molar-refractivity contribution in [1.29, 1.82) is 5.26 Å². The summed E-state index contributed by atoms with van der Waals surface area (Å²) in [6.07, 6.45) is 4.19. The summed E-state index contributed by atoms with van der Waals surface area (Å²) in [5, 5.41) is 9.62. The van der Waals surface area contributed by atoms with E-state index >= 15 is 0 Å². The molecule has 1 atom stereocenters. The fraction of sp³-hybridized carbons (Fsp3) is 0.421. The van der Waals surface area contributed by atoms with E-state index in [0.717, 1.165) is 11.1 Å². The molecule has 5 heteroatoms. The first-order valence-corrected chi connectivity index (χ1v) is 8.49. The number of nitrogens with zero attached hydrogens (tertiary/aromatic N) is 1. The van der Waals surface area contributed by atoms with Gasteiger partial charge in [0.05, 0.1) is 17.3 Å². The predicted molar refractivity (Wildman–Crippen MR) is 97.4 cm³/mol. The number of rotatable bonds is 2. The molecule has 2 aliphatic rings. The van der Waals surface area contributed by atoms with E-state index in [9.17, 15) is 5.26 Å². The topological polar surface area (TPSA) is 42.2 Å². The molecule has 1 aliphatic heterocycles. The second-order valence-corrected chi connectivity index (χ2v) is 8.10. The van der Waals surface area contributed by atoms with Crippen molar-refractivity contribution in [2.45, 2.75) is 50.1 Å². The Hall–Kier alpha value is -1.54. The third-order valence-corrected chi connectivity index (χ3v) is 5.60. The van der Waals surface area contributed by atoms with Crippen molar-refractivity contribution in [2.24, 2.45) is 0 Å². The van der Waals surface area contributed by atoms with Gasteiger partial charge in [-0.2, -0.15) is 5.26 Å². The molecule has 1 aromatic carbocycles. The highest BCUT2D eigenvalue weighted by molar-refractivity contribution is 6.64. The van der Waals surface area contributed by atoms with Crippen LogP contribution in [-0.4, -0.2) is 23.1 Å². The molecule has 0 saturated carbocycles. The first-order valence-electron chi connectivity index (χ1n) is 8.11. The highest BCUT2D eigenvalue weighted by atomic mass is 35.5. The molecular weight excluding hydrogens is 320 g/mol. The van der Waals surface area contributed by atoms with Crippen molar-refractivity contribution in [3.05, 3.63) is 53.6 Å². The lowest BCUT2D eigenvalue weighted by atomic mass is 9.65. The van der Waals surface area contributed by atoms with Gasteiger partial charge in [-0.1, -0.05) is 42.5 Å². The highest BCUT2D eigenvalue weighted by Gasteiger charge is 2.59.